The molecule has 2 nitrogen and oxygen atoms in total. The van der Waals surface area contributed by atoms with Gasteiger partial charge in [0.2, 0.25) is 0 Å². The lowest BCUT2D eigenvalue weighted by Gasteiger charge is -2.28. The third-order valence-electron chi connectivity index (χ3n) is 3.57. The SMILES string of the molecule is OCC[C@@H]1CN[C@@H]2CCCC[C@H]12. The number of hydrogen-bond acceptors (Lipinski definition) is 2. The van der Waals surface area contributed by atoms with Crippen molar-refractivity contribution in [1.82, 2.24) is 5.32 Å². The van der Waals surface area contributed by atoms with Crippen LogP contribution in [0.15, 0.2) is 0 Å². The molecule has 2 rings (SSSR count). The predicted octanol–water partition coefficient (Wildman–Crippen LogP) is 1.15. The Bertz CT molecular complexity index is 149. The van der Waals surface area contributed by atoms with E-state index in [2.05, 4.69) is 5.32 Å². The van der Waals surface area contributed by atoms with Gasteiger partial charge in [-0.05, 0) is 37.6 Å². The normalized spacial score (nSPS) is 41.2. The lowest BCUT2D eigenvalue weighted by Crippen LogP contribution is -2.30. The van der Waals surface area contributed by atoms with Crippen molar-refractivity contribution in [2.75, 3.05) is 13.2 Å². The van der Waals surface area contributed by atoms with Gasteiger partial charge in [-0.1, -0.05) is 12.8 Å². The van der Waals surface area contributed by atoms with Crippen LogP contribution in [0.5, 0.6) is 0 Å². The maximum Gasteiger partial charge on any atom is 0.0434 e. The van der Waals surface area contributed by atoms with Crippen LogP contribution < -0.4 is 5.32 Å². The van der Waals surface area contributed by atoms with E-state index >= 15 is 0 Å². The first-order valence-corrected chi connectivity index (χ1v) is 5.26. The summed E-state index contributed by atoms with van der Waals surface area (Å²) in [7, 11) is 0. The first kappa shape index (κ1) is 8.52. The van der Waals surface area contributed by atoms with E-state index in [-0.39, 0.29) is 0 Å². The zero-order chi connectivity index (χ0) is 8.39. The third-order valence-corrected chi connectivity index (χ3v) is 3.57. The van der Waals surface area contributed by atoms with Crippen LogP contribution in [0.2, 0.25) is 0 Å². The van der Waals surface area contributed by atoms with Crippen molar-refractivity contribution in [1.29, 1.82) is 0 Å². The van der Waals surface area contributed by atoms with Crippen molar-refractivity contribution < 1.29 is 5.11 Å². The van der Waals surface area contributed by atoms with Crippen LogP contribution in [0.3, 0.4) is 0 Å². The first-order valence-electron chi connectivity index (χ1n) is 5.26. The molecule has 1 aliphatic heterocycles. The molecule has 2 heteroatoms. The molecule has 3 atom stereocenters. The number of aliphatic hydroxyl groups excluding tert-OH is 1. The molecular weight excluding hydrogens is 150 g/mol. The van der Waals surface area contributed by atoms with Gasteiger partial charge in [0.15, 0.2) is 0 Å². The van der Waals surface area contributed by atoms with Gasteiger partial charge in [-0.2, -0.15) is 0 Å². The van der Waals surface area contributed by atoms with Crippen LogP contribution in [-0.2, 0) is 0 Å². The average molecular weight is 169 g/mol. The van der Waals surface area contributed by atoms with E-state index in [0.29, 0.717) is 6.61 Å². The van der Waals surface area contributed by atoms with Gasteiger partial charge in [-0.15, -0.1) is 0 Å². The molecule has 0 unspecified atom stereocenters. The lowest BCUT2D eigenvalue weighted by atomic mass is 9.79. The summed E-state index contributed by atoms with van der Waals surface area (Å²) in [5.41, 5.74) is 0. The molecule has 2 N–H and O–H groups in total. The van der Waals surface area contributed by atoms with Gasteiger partial charge in [0, 0.05) is 12.6 Å². The van der Waals surface area contributed by atoms with Gasteiger partial charge >= 0.3 is 0 Å². The zero-order valence-electron chi connectivity index (χ0n) is 7.63. The molecule has 2 aliphatic rings. The van der Waals surface area contributed by atoms with Crippen LogP contribution in [0.1, 0.15) is 32.1 Å². The first-order chi connectivity index (χ1) is 5.92. The highest BCUT2D eigenvalue weighted by molar-refractivity contribution is 4.92. The molecule has 70 valence electrons. The molecule has 0 spiro atoms. The number of nitrogens with one attached hydrogen (secondary N) is 1. The predicted molar refractivity (Wildman–Crippen MR) is 48.9 cm³/mol. The quantitative estimate of drug-likeness (QED) is 0.650. The van der Waals surface area contributed by atoms with E-state index in [1.165, 1.54) is 25.7 Å². The van der Waals surface area contributed by atoms with Gasteiger partial charge < -0.3 is 10.4 Å². The summed E-state index contributed by atoms with van der Waals surface area (Å²) in [5.74, 6) is 1.64. The maximum absolute atomic E-state index is 8.89. The molecular formula is C10H19NO. The van der Waals surface area contributed by atoms with Crippen molar-refractivity contribution in [2.45, 2.75) is 38.1 Å². The second kappa shape index (κ2) is 3.75. The van der Waals surface area contributed by atoms with Crippen molar-refractivity contribution >= 4 is 0 Å². The minimum atomic E-state index is 0.371. The van der Waals surface area contributed by atoms with Crippen LogP contribution in [-0.4, -0.2) is 24.3 Å². The Hall–Kier alpha value is -0.0800. The number of fused-ring (bicyclic) bond motifs is 1. The van der Waals surface area contributed by atoms with E-state index < -0.39 is 0 Å². The average Bonchev–Trinajstić information content (AvgIpc) is 2.50. The topological polar surface area (TPSA) is 32.3 Å². The van der Waals surface area contributed by atoms with Gasteiger partial charge in [0.05, 0.1) is 0 Å². The highest BCUT2D eigenvalue weighted by Crippen LogP contribution is 2.35. The van der Waals surface area contributed by atoms with Crippen LogP contribution in [0.4, 0.5) is 0 Å². The Morgan fingerprint density at radius 3 is 2.92 bits per heavy atom. The lowest BCUT2D eigenvalue weighted by molar-refractivity contribution is 0.213. The fourth-order valence-corrected chi connectivity index (χ4v) is 2.91. The van der Waals surface area contributed by atoms with Crippen molar-refractivity contribution in [3.63, 3.8) is 0 Å². The summed E-state index contributed by atoms with van der Waals surface area (Å²) in [6, 6.07) is 0.787. The van der Waals surface area contributed by atoms with Crippen LogP contribution in [0, 0.1) is 11.8 Å². The van der Waals surface area contributed by atoms with Gasteiger partial charge in [-0.3, -0.25) is 0 Å². The van der Waals surface area contributed by atoms with Crippen molar-refractivity contribution in [3.05, 3.63) is 0 Å². The Kier molecular flexibility index (Phi) is 2.66. The Balaban J connectivity index is 1.92. The molecule has 0 aromatic carbocycles. The van der Waals surface area contributed by atoms with Crippen molar-refractivity contribution in [3.8, 4) is 0 Å². The van der Waals surface area contributed by atoms with E-state index in [4.69, 9.17) is 5.11 Å². The molecule has 0 amide bonds. The van der Waals surface area contributed by atoms with E-state index in [1.807, 2.05) is 0 Å². The van der Waals surface area contributed by atoms with Crippen LogP contribution in [0.25, 0.3) is 0 Å². The third kappa shape index (κ3) is 1.50. The Morgan fingerprint density at radius 1 is 1.25 bits per heavy atom. The Morgan fingerprint density at radius 2 is 2.08 bits per heavy atom. The molecule has 12 heavy (non-hydrogen) atoms. The molecule has 0 bridgehead atoms. The zero-order valence-corrected chi connectivity index (χ0v) is 7.63. The molecule has 1 aliphatic carbocycles. The second-order valence-corrected chi connectivity index (χ2v) is 4.24. The summed E-state index contributed by atoms with van der Waals surface area (Å²) in [5, 5.41) is 12.5. The smallest absolute Gasteiger partial charge is 0.0434 e. The van der Waals surface area contributed by atoms with Gasteiger partial charge in [0.25, 0.3) is 0 Å². The highest BCUT2D eigenvalue weighted by Gasteiger charge is 2.36. The number of aliphatic hydroxyl groups is 1. The van der Waals surface area contributed by atoms with Crippen LogP contribution >= 0.6 is 0 Å². The molecule has 2 fully saturated rings. The fraction of sp³-hybridized carbons (Fsp3) is 1.00. The van der Waals surface area contributed by atoms with E-state index in [1.54, 1.807) is 0 Å². The molecule has 1 saturated carbocycles. The Labute approximate surface area is 74.4 Å². The second-order valence-electron chi connectivity index (χ2n) is 4.24. The fourth-order valence-electron chi connectivity index (χ4n) is 2.91. The van der Waals surface area contributed by atoms with E-state index in [0.717, 1.165) is 30.8 Å². The van der Waals surface area contributed by atoms with E-state index in [9.17, 15) is 0 Å². The van der Waals surface area contributed by atoms with Crippen molar-refractivity contribution in [2.24, 2.45) is 11.8 Å². The monoisotopic (exact) mass is 169 g/mol. The molecule has 0 radical (unpaired) electrons. The summed E-state index contributed by atoms with van der Waals surface area (Å²) in [6.45, 7) is 1.52. The number of hydrogen-bond donors (Lipinski definition) is 2. The summed E-state index contributed by atoms with van der Waals surface area (Å²) < 4.78 is 0. The summed E-state index contributed by atoms with van der Waals surface area (Å²) in [4.78, 5) is 0. The molecule has 0 aromatic heterocycles. The molecule has 0 aromatic rings. The van der Waals surface area contributed by atoms with Gasteiger partial charge in [-0.25, -0.2) is 0 Å². The summed E-state index contributed by atoms with van der Waals surface area (Å²) >= 11 is 0. The molecule has 1 heterocycles. The minimum Gasteiger partial charge on any atom is -0.396 e. The molecule has 1 saturated heterocycles. The minimum absolute atomic E-state index is 0.371. The van der Waals surface area contributed by atoms with Gasteiger partial charge in [0.1, 0.15) is 0 Å². The maximum atomic E-state index is 8.89. The number of rotatable bonds is 2. The highest BCUT2D eigenvalue weighted by atomic mass is 16.3. The standard InChI is InChI=1S/C10H19NO/c12-6-5-8-7-11-10-4-2-1-3-9(8)10/h8-12H,1-7H2/t8-,9-,10-/m1/s1. The summed E-state index contributed by atoms with van der Waals surface area (Å²) in [6.07, 6.45) is 6.58. The largest absolute Gasteiger partial charge is 0.396 e.